The first-order chi connectivity index (χ1) is 13.9. The second-order valence-corrected chi connectivity index (χ2v) is 7.02. The Hall–Kier alpha value is -3.29. The van der Waals surface area contributed by atoms with Crippen LogP contribution < -0.4 is 20.3 Å². The Balaban J connectivity index is 1.59. The van der Waals surface area contributed by atoms with E-state index in [0.29, 0.717) is 12.4 Å². The zero-order valence-corrected chi connectivity index (χ0v) is 17.1. The molecule has 0 fully saturated rings. The summed E-state index contributed by atoms with van der Waals surface area (Å²) in [5.74, 6) is 0.678. The predicted octanol–water partition coefficient (Wildman–Crippen LogP) is 2.08. The van der Waals surface area contributed by atoms with Crippen molar-refractivity contribution in [2.75, 3.05) is 6.61 Å². The molecule has 2 aromatic rings. The van der Waals surface area contributed by atoms with E-state index < -0.39 is 5.91 Å². The van der Waals surface area contributed by atoms with Gasteiger partial charge in [-0.15, -0.1) is 0 Å². The highest BCUT2D eigenvalue weighted by Crippen LogP contribution is 2.35. The van der Waals surface area contributed by atoms with Gasteiger partial charge in [-0.3, -0.25) is 25.1 Å². The van der Waals surface area contributed by atoms with E-state index in [9.17, 15) is 9.59 Å². The molecule has 1 aliphatic rings. The Morgan fingerprint density at radius 2 is 2.10 bits per heavy atom. The molecule has 1 aliphatic heterocycles. The summed E-state index contributed by atoms with van der Waals surface area (Å²) in [4.78, 5) is 24.1. The summed E-state index contributed by atoms with van der Waals surface area (Å²) in [6.07, 6.45) is 3.94. The number of fused-ring (bicyclic) bond motifs is 1. The summed E-state index contributed by atoms with van der Waals surface area (Å²) in [6, 6.07) is 5.71. The van der Waals surface area contributed by atoms with Crippen LogP contribution in [0.5, 0.6) is 11.5 Å². The van der Waals surface area contributed by atoms with Crippen LogP contribution in [-0.2, 0) is 22.6 Å². The molecular formula is C21H26N4O4. The lowest BCUT2D eigenvalue weighted by Crippen LogP contribution is -2.42. The van der Waals surface area contributed by atoms with Crippen molar-refractivity contribution in [3.63, 3.8) is 0 Å². The minimum Gasteiger partial charge on any atom is -0.493 e. The molecule has 0 spiro atoms. The van der Waals surface area contributed by atoms with Gasteiger partial charge in [0.2, 0.25) is 0 Å². The number of hydrogen-bond acceptors (Lipinski definition) is 5. The number of nitrogens with one attached hydrogen (secondary N) is 2. The van der Waals surface area contributed by atoms with Crippen LogP contribution in [0.4, 0.5) is 0 Å². The monoisotopic (exact) mass is 398 g/mol. The lowest BCUT2D eigenvalue weighted by atomic mass is 10.1. The lowest BCUT2D eigenvalue weighted by molar-refractivity contribution is -0.127. The van der Waals surface area contributed by atoms with Crippen LogP contribution in [0.2, 0.25) is 0 Å². The molecule has 3 rings (SSSR count). The Bertz CT molecular complexity index is 948. The summed E-state index contributed by atoms with van der Waals surface area (Å²) in [5.41, 5.74) is 8.30. The molecule has 0 bridgehead atoms. The number of amides is 2. The zero-order valence-electron chi connectivity index (χ0n) is 17.1. The van der Waals surface area contributed by atoms with E-state index in [2.05, 4.69) is 16.0 Å². The summed E-state index contributed by atoms with van der Waals surface area (Å²) in [5, 5.41) is 4.22. The third-order valence-electron chi connectivity index (χ3n) is 4.46. The molecule has 29 heavy (non-hydrogen) atoms. The van der Waals surface area contributed by atoms with Gasteiger partial charge >= 0.3 is 0 Å². The normalized spacial score (nSPS) is 15.1. The average molecular weight is 398 g/mol. The first-order valence-electron chi connectivity index (χ1n) is 9.60. The minimum absolute atomic E-state index is 0.0263. The van der Waals surface area contributed by atoms with Crippen LogP contribution in [0.3, 0.4) is 0 Å². The molecule has 1 aromatic heterocycles. The van der Waals surface area contributed by atoms with Gasteiger partial charge < -0.3 is 9.47 Å². The van der Waals surface area contributed by atoms with E-state index >= 15 is 0 Å². The Morgan fingerprint density at radius 1 is 1.31 bits per heavy atom. The standard InChI is InChI=1S/C21H26N4O4/c1-5-28-18-11-17-9-15(4)29-19(17)10-16(18)6-7-20(26)22-23-21(27)12-25-14(3)8-13(2)24-25/h6-8,10-11,15H,5,9,12H2,1-4H3,(H,22,26)(H,23,27)/b7-6+/t15-/m0/s1. The van der Waals surface area contributed by atoms with Gasteiger partial charge in [0.25, 0.3) is 11.8 Å². The first kappa shape index (κ1) is 20.4. The van der Waals surface area contributed by atoms with Gasteiger partial charge in [-0.1, -0.05) is 0 Å². The van der Waals surface area contributed by atoms with Crippen LogP contribution >= 0.6 is 0 Å². The summed E-state index contributed by atoms with van der Waals surface area (Å²) >= 11 is 0. The lowest BCUT2D eigenvalue weighted by Gasteiger charge is -2.10. The molecular weight excluding hydrogens is 372 g/mol. The van der Waals surface area contributed by atoms with E-state index in [4.69, 9.17) is 9.47 Å². The highest BCUT2D eigenvalue weighted by molar-refractivity contribution is 5.93. The number of hydrogen-bond donors (Lipinski definition) is 2. The van der Waals surface area contributed by atoms with Crippen LogP contribution in [0, 0.1) is 13.8 Å². The number of rotatable bonds is 6. The van der Waals surface area contributed by atoms with Crippen molar-refractivity contribution in [2.45, 2.75) is 46.8 Å². The molecule has 2 heterocycles. The number of carbonyl (C=O) groups excluding carboxylic acids is 2. The van der Waals surface area contributed by atoms with E-state index in [1.54, 1.807) is 10.8 Å². The third kappa shape index (κ3) is 5.16. The smallest absolute Gasteiger partial charge is 0.262 e. The molecule has 2 N–H and O–H groups in total. The molecule has 0 saturated carbocycles. The van der Waals surface area contributed by atoms with E-state index in [1.165, 1.54) is 6.08 Å². The van der Waals surface area contributed by atoms with Crippen molar-refractivity contribution in [1.29, 1.82) is 0 Å². The molecule has 1 aromatic carbocycles. The molecule has 0 aliphatic carbocycles. The Morgan fingerprint density at radius 3 is 2.79 bits per heavy atom. The maximum Gasteiger partial charge on any atom is 0.262 e. The van der Waals surface area contributed by atoms with Crippen molar-refractivity contribution >= 4 is 17.9 Å². The topological polar surface area (TPSA) is 94.5 Å². The zero-order chi connectivity index (χ0) is 21.0. The van der Waals surface area contributed by atoms with Crippen LogP contribution in [0.1, 0.15) is 36.4 Å². The second kappa shape index (κ2) is 8.81. The fourth-order valence-corrected chi connectivity index (χ4v) is 3.21. The Labute approximate surface area is 169 Å². The summed E-state index contributed by atoms with van der Waals surface area (Å²) < 4.78 is 13.0. The Kier molecular flexibility index (Phi) is 6.21. The molecule has 0 saturated heterocycles. The van der Waals surface area contributed by atoms with Crippen molar-refractivity contribution in [3.8, 4) is 11.5 Å². The number of hydrazine groups is 1. The fourth-order valence-electron chi connectivity index (χ4n) is 3.21. The van der Waals surface area contributed by atoms with Gasteiger partial charge in [0.15, 0.2) is 0 Å². The molecule has 154 valence electrons. The number of benzene rings is 1. The third-order valence-corrected chi connectivity index (χ3v) is 4.46. The van der Waals surface area contributed by atoms with Crippen molar-refractivity contribution < 1.29 is 19.1 Å². The van der Waals surface area contributed by atoms with E-state index in [0.717, 1.165) is 34.7 Å². The van der Waals surface area contributed by atoms with Gasteiger partial charge in [0.1, 0.15) is 24.1 Å². The number of nitrogens with zero attached hydrogens (tertiary/aromatic N) is 2. The van der Waals surface area contributed by atoms with Gasteiger partial charge in [0, 0.05) is 29.3 Å². The minimum atomic E-state index is -0.455. The number of aryl methyl sites for hydroxylation is 2. The van der Waals surface area contributed by atoms with Crippen LogP contribution in [0.15, 0.2) is 24.3 Å². The molecule has 0 radical (unpaired) electrons. The number of aromatic nitrogens is 2. The first-order valence-corrected chi connectivity index (χ1v) is 9.60. The molecule has 8 nitrogen and oxygen atoms in total. The molecule has 2 amide bonds. The largest absolute Gasteiger partial charge is 0.493 e. The molecule has 1 atom stereocenters. The highest BCUT2D eigenvalue weighted by atomic mass is 16.5. The van der Waals surface area contributed by atoms with Gasteiger partial charge in [-0.05, 0) is 52.0 Å². The fraction of sp³-hybridized carbons (Fsp3) is 0.381. The molecule has 8 heteroatoms. The van der Waals surface area contributed by atoms with Gasteiger partial charge in [-0.2, -0.15) is 5.10 Å². The highest BCUT2D eigenvalue weighted by Gasteiger charge is 2.21. The van der Waals surface area contributed by atoms with Gasteiger partial charge in [0.05, 0.1) is 12.3 Å². The summed E-state index contributed by atoms with van der Waals surface area (Å²) in [6.45, 7) is 8.19. The second-order valence-electron chi connectivity index (χ2n) is 7.02. The van der Waals surface area contributed by atoms with Crippen molar-refractivity contribution in [3.05, 3.63) is 46.8 Å². The predicted molar refractivity (Wildman–Crippen MR) is 108 cm³/mol. The number of ether oxygens (including phenoxy) is 2. The van der Waals surface area contributed by atoms with Crippen molar-refractivity contribution in [1.82, 2.24) is 20.6 Å². The number of carbonyl (C=O) groups is 2. The summed E-state index contributed by atoms with van der Waals surface area (Å²) in [7, 11) is 0. The van der Waals surface area contributed by atoms with Gasteiger partial charge in [-0.25, -0.2) is 0 Å². The van der Waals surface area contributed by atoms with Crippen molar-refractivity contribution in [2.24, 2.45) is 0 Å². The maximum atomic E-state index is 12.1. The van der Waals surface area contributed by atoms with Crippen LogP contribution in [-0.4, -0.2) is 34.3 Å². The van der Waals surface area contributed by atoms with Crippen LogP contribution in [0.25, 0.3) is 6.08 Å². The molecule has 0 unspecified atom stereocenters. The van der Waals surface area contributed by atoms with E-state index in [-0.39, 0.29) is 18.6 Å². The SMILES string of the molecule is CCOc1cc2c(cc1/C=C/C(=O)NNC(=O)Cn1nc(C)cc1C)O[C@@H](C)C2. The maximum absolute atomic E-state index is 12.1. The quantitative estimate of drug-likeness (QED) is 0.574. The van der Waals surface area contributed by atoms with E-state index in [1.807, 2.05) is 45.9 Å². The average Bonchev–Trinajstić information content (AvgIpc) is 3.17.